The monoisotopic (exact) mass is 251 g/mol. The summed E-state index contributed by atoms with van der Waals surface area (Å²) in [7, 11) is 1.38. The Balaban J connectivity index is 2.05. The van der Waals surface area contributed by atoms with Crippen LogP contribution < -0.4 is 0 Å². The molecule has 1 aliphatic heterocycles. The quantitative estimate of drug-likeness (QED) is 0.787. The average molecular weight is 251 g/mol. The molecule has 1 amide bonds. The van der Waals surface area contributed by atoms with Gasteiger partial charge in [-0.25, -0.2) is 0 Å². The molecule has 0 spiro atoms. The number of hydrogen-bond donors (Lipinski definition) is 1. The molecule has 0 radical (unpaired) electrons. The van der Waals surface area contributed by atoms with Gasteiger partial charge >= 0.3 is 5.97 Å². The van der Waals surface area contributed by atoms with Crippen LogP contribution in [0, 0.1) is 12.8 Å². The number of likely N-dealkylation sites (tertiary alicyclic amines) is 1. The van der Waals surface area contributed by atoms with Crippen LogP contribution in [0.2, 0.25) is 0 Å². The lowest BCUT2D eigenvalue weighted by molar-refractivity contribution is -0.146. The zero-order valence-corrected chi connectivity index (χ0v) is 10.6. The molecule has 1 atom stereocenters. The van der Waals surface area contributed by atoms with Crippen molar-refractivity contribution < 1.29 is 14.3 Å². The third-order valence-corrected chi connectivity index (χ3v) is 3.17. The van der Waals surface area contributed by atoms with E-state index in [-0.39, 0.29) is 17.8 Å². The fourth-order valence-electron chi connectivity index (χ4n) is 2.21. The summed E-state index contributed by atoms with van der Waals surface area (Å²) in [5.41, 5.74) is 1.25. The van der Waals surface area contributed by atoms with Crippen LogP contribution in [-0.2, 0) is 9.53 Å². The second kappa shape index (κ2) is 5.20. The Kier molecular flexibility index (Phi) is 3.64. The van der Waals surface area contributed by atoms with Gasteiger partial charge in [0.2, 0.25) is 0 Å². The predicted octanol–water partition coefficient (Wildman–Crippen LogP) is 0.743. The van der Waals surface area contributed by atoms with E-state index < -0.39 is 0 Å². The van der Waals surface area contributed by atoms with E-state index in [1.807, 2.05) is 6.92 Å². The summed E-state index contributed by atoms with van der Waals surface area (Å²) in [4.78, 5) is 25.3. The topological polar surface area (TPSA) is 75.3 Å². The smallest absolute Gasteiger partial charge is 0.310 e. The number of ether oxygens (including phenoxy) is 1. The first kappa shape index (κ1) is 12.6. The summed E-state index contributed by atoms with van der Waals surface area (Å²) in [6, 6.07) is 1.71. The Bertz CT molecular complexity index is 455. The number of nitrogens with one attached hydrogen (secondary N) is 1. The van der Waals surface area contributed by atoms with Crippen LogP contribution in [0.15, 0.2) is 6.07 Å². The first-order chi connectivity index (χ1) is 8.61. The number of methoxy groups -OCH3 is 1. The average Bonchev–Trinajstić information content (AvgIpc) is 2.83. The molecule has 2 rings (SSSR count). The number of aromatic amines is 1. The van der Waals surface area contributed by atoms with Crippen molar-refractivity contribution in [3.05, 3.63) is 17.5 Å². The fraction of sp³-hybridized carbons (Fsp3) is 0.583. The highest BCUT2D eigenvalue weighted by atomic mass is 16.5. The second-order valence-corrected chi connectivity index (χ2v) is 4.55. The van der Waals surface area contributed by atoms with E-state index in [0.29, 0.717) is 18.8 Å². The highest BCUT2D eigenvalue weighted by Gasteiger charge is 2.30. The number of carbonyl (C=O) groups is 2. The van der Waals surface area contributed by atoms with E-state index in [1.54, 1.807) is 11.0 Å². The van der Waals surface area contributed by atoms with Gasteiger partial charge in [0.05, 0.1) is 13.0 Å². The predicted molar refractivity (Wildman–Crippen MR) is 64.0 cm³/mol. The van der Waals surface area contributed by atoms with Crippen LogP contribution in [0.25, 0.3) is 0 Å². The molecule has 6 nitrogen and oxygen atoms in total. The van der Waals surface area contributed by atoms with Crippen molar-refractivity contribution in [3.8, 4) is 0 Å². The Morgan fingerprint density at radius 1 is 1.56 bits per heavy atom. The van der Waals surface area contributed by atoms with E-state index >= 15 is 0 Å². The van der Waals surface area contributed by atoms with Crippen molar-refractivity contribution >= 4 is 11.9 Å². The maximum absolute atomic E-state index is 12.2. The van der Waals surface area contributed by atoms with Gasteiger partial charge in [0.25, 0.3) is 5.91 Å². The first-order valence-corrected chi connectivity index (χ1v) is 6.01. The Labute approximate surface area is 105 Å². The number of carbonyl (C=O) groups excluding carboxylic acids is 2. The van der Waals surface area contributed by atoms with Gasteiger partial charge < -0.3 is 9.64 Å². The Morgan fingerprint density at radius 2 is 2.33 bits per heavy atom. The molecule has 0 bridgehead atoms. The lowest BCUT2D eigenvalue weighted by Gasteiger charge is -2.30. The van der Waals surface area contributed by atoms with Gasteiger partial charge in [-0.15, -0.1) is 0 Å². The van der Waals surface area contributed by atoms with Crippen molar-refractivity contribution in [2.75, 3.05) is 20.2 Å². The highest BCUT2D eigenvalue weighted by molar-refractivity contribution is 5.92. The van der Waals surface area contributed by atoms with Crippen LogP contribution >= 0.6 is 0 Å². The molecule has 98 valence electrons. The van der Waals surface area contributed by atoms with Crippen LogP contribution in [-0.4, -0.2) is 47.2 Å². The van der Waals surface area contributed by atoms with Gasteiger partial charge in [-0.05, 0) is 25.8 Å². The van der Waals surface area contributed by atoms with Gasteiger partial charge in [0.1, 0.15) is 5.69 Å². The first-order valence-electron chi connectivity index (χ1n) is 6.01. The van der Waals surface area contributed by atoms with Crippen LogP contribution in [0.1, 0.15) is 29.0 Å². The molecule has 6 heteroatoms. The molecule has 2 heterocycles. The number of hydrogen-bond acceptors (Lipinski definition) is 4. The second-order valence-electron chi connectivity index (χ2n) is 4.55. The fourth-order valence-corrected chi connectivity index (χ4v) is 2.21. The summed E-state index contributed by atoms with van der Waals surface area (Å²) in [5.74, 6) is -0.591. The number of rotatable bonds is 2. The van der Waals surface area contributed by atoms with E-state index in [1.165, 1.54) is 7.11 Å². The molecule has 1 fully saturated rings. The number of esters is 1. The lowest BCUT2D eigenvalue weighted by atomic mass is 9.98. The molecule has 1 unspecified atom stereocenters. The van der Waals surface area contributed by atoms with Crippen LogP contribution in [0.4, 0.5) is 0 Å². The molecular weight excluding hydrogens is 234 g/mol. The summed E-state index contributed by atoms with van der Waals surface area (Å²) < 4.78 is 4.73. The maximum atomic E-state index is 12.2. The van der Waals surface area contributed by atoms with Crippen molar-refractivity contribution in [2.45, 2.75) is 19.8 Å². The molecular formula is C12H17N3O3. The molecule has 1 saturated heterocycles. The maximum Gasteiger partial charge on any atom is 0.310 e. The van der Waals surface area contributed by atoms with E-state index in [0.717, 1.165) is 18.5 Å². The molecule has 1 aromatic heterocycles. The van der Waals surface area contributed by atoms with Crippen LogP contribution in [0.5, 0.6) is 0 Å². The highest BCUT2D eigenvalue weighted by Crippen LogP contribution is 2.19. The third-order valence-electron chi connectivity index (χ3n) is 3.17. The summed E-state index contributed by atoms with van der Waals surface area (Å²) in [5, 5.41) is 6.69. The molecule has 1 aliphatic rings. The number of aromatic nitrogens is 2. The lowest BCUT2D eigenvalue weighted by Crippen LogP contribution is -2.42. The Hall–Kier alpha value is -1.85. The molecule has 0 saturated carbocycles. The number of nitrogens with zero attached hydrogens (tertiary/aromatic N) is 2. The van der Waals surface area contributed by atoms with E-state index in [2.05, 4.69) is 10.2 Å². The zero-order chi connectivity index (χ0) is 13.1. The molecule has 18 heavy (non-hydrogen) atoms. The molecule has 0 aliphatic carbocycles. The van der Waals surface area contributed by atoms with E-state index in [4.69, 9.17) is 4.74 Å². The minimum Gasteiger partial charge on any atom is -0.469 e. The molecule has 1 N–H and O–H groups in total. The van der Waals surface area contributed by atoms with Gasteiger partial charge in [-0.1, -0.05) is 0 Å². The number of piperidine rings is 1. The standard InChI is InChI=1S/C12H17N3O3/c1-8-6-10(14-13-8)11(16)15-5-3-4-9(7-15)12(17)18-2/h6,9H,3-5,7H2,1-2H3,(H,13,14). The normalized spacial score (nSPS) is 19.7. The summed E-state index contributed by atoms with van der Waals surface area (Å²) in [6.45, 7) is 2.92. The van der Waals surface area contributed by atoms with Crippen molar-refractivity contribution in [3.63, 3.8) is 0 Å². The van der Waals surface area contributed by atoms with Gasteiger partial charge in [-0.3, -0.25) is 14.7 Å². The molecule has 0 aromatic carbocycles. The minimum absolute atomic E-state index is 0.132. The van der Waals surface area contributed by atoms with Gasteiger partial charge in [0.15, 0.2) is 0 Å². The number of amides is 1. The minimum atomic E-state index is -0.245. The summed E-state index contributed by atoms with van der Waals surface area (Å²) in [6.07, 6.45) is 1.59. The largest absolute Gasteiger partial charge is 0.469 e. The van der Waals surface area contributed by atoms with E-state index in [9.17, 15) is 9.59 Å². The number of aryl methyl sites for hydroxylation is 1. The van der Waals surface area contributed by atoms with Gasteiger partial charge in [-0.2, -0.15) is 5.10 Å². The number of H-pyrrole nitrogens is 1. The zero-order valence-electron chi connectivity index (χ0n) is 10.6. The van der Waals surface area contributed by atoms with Crippen molar-refractivity contribution in [1.82, 2.24) is 15.1 Å². The summed E-state index contributed by atoms with van der Waals surface area (Å²) >= 11 is 0. The molecule has 1 aromatic rings. The van der Waals surface area contributed by atoms with Crippen molar-refractivity contribution in [1.29, 1.82) is 0 Å². The third kappa shape index (κ3) is 2.52. The van der Waals surface area contributed by atoms with Crippen LogP contribution in [0.3, 0.4) is 0 Å². The Morgan fingerprint density at radius 3 is 2.94 bits per heavy atom. The van der Waals surface area contributed by atoms with Crippen molar-refractivity contribution in [2.24, 2.45) is 5.92 Å². The SMILES string of the molecule is COC(=O)C1CCCN(C(=O)c2cc(C)[nH]n2)C1. The van der Waals surface area contributed by atoms with Gasteiger partial charge in [0, 0.05) is 18.8 Å².